The summed E-state index contributed by atoms with van der Waals surface area (Å²) in [6.07, 6.45) is 0. The van der Waals surface area contributed by atoms with Crippen LogP contribution in [-0.2, 0) is 19.6 Å². The minimum Gasteiger partial charge on any atom is -0.465 e. The summed E-state index contributed by atoms with van der Waals surface area (Å²) in [4.78, 5) is 22.4. The molecule has 9 heteroatoms. The highest BCUT2D eigenvalue weighted by Gasteiger charge is 2.09. The van der Waals surface area contributed by atoms with E-state index in [2.05, 4.69) is 15.4 Å². The van der Waals surface area contributed by atoms with Crippen LogP contribution in [-0.4, -0.2) is 33.6 Å². The molecule has 0 aliphatic rings. The lowest BCUT2D eigenvalue weighted by Gasteiger charge is -2.07. The maximum absolute atomic E-state index is 11.4. The van der Waals surface area contributed by atoms with E-state index in [4.69, 9.17) is 5.14 Å². The van der Waals surface area contributed by atoms with Crippen LogP contribution in [0.1, 0.15) is 6.92 Å². The van der Waals surface area contributed by atoms with Crippen molar-refractivity contribution in [2.45, 2.75) is 11.8 Å². The molecule has 0 spiro atoms. The predicted molar refractivity (Wildman–Crippen MR) is 71.5 cm³/mol. The second-order valence-corrected chi connectivity index (χ2v) is 5.24. The first-order valence-electron chi connectivity index (χ1n) is 5.66. The van der Waals surface area contributed by atoms with Gasteiger partial charge < -0.3 is 15.4 Å². The van der Waals surface area contributed by atoms with Crippen LogP contribution < -0.4 is 15.8 Å². The number of ether oxygens (including phenoxy) is 1. The Hall–Kier alpha value is -2.13. The Kier molecular flexibility index (Phi) is 5.47. The average Bonchev–Trinajstić information content (AvgIpc) is 2.36. The standard InChI is InChI=1S/C11H15N3O5S/c1-2-19-10(15)7-13-11(16)14-8-3-5-9(6-4-8)20(12,17)18/h3-6H,2,7H2,1H3,(H2,12,17,18)(H2,13,14,16). The lowest BCUT2D eigenvalue weighted by Crippen LogP contribution is -2.34. The van der Waals surface area contributed by atoms with E-state index in [1.54, 1.807) is 6.92 Å². The number of primary sulfonamides is 1. The fourth-order valence-electron chi connectivity index (χ4n) is 1.27. The van der Waals surface area contributed by atoms with E-state index in [1.807, 2.05) is 0 Å². The van der Waals surface area contributed by atoms with Crippen molar-refractivity contribution in [1.82, 2.24) is 5.32 Å². The molecule has 4 N–H and O–H groups in total. The summed E-state index contributed by atoms with van der Waals surface area (Å²) in [7, 11) is -3.77. The first-order valence-corrected chi connectivity index (χ1v) is 7.21. The zero-order valence-corrected chi connectivity index (χ0v) is 11.6. The first-order chi connectivity index (χ1) is 9.32. The first kappa shape index (κ1) is 15.9. The van der Waals surface area contributed by atoms with Gasteiger partial charge in [0.1, 0.15) is 6.54 Å². The molecule has 0 aliphatic carbocycles. The van der Waals surface area contributed by atoms with E-state index < -0.39 is 22.0 Å². The summed E-state index contributed by atoms with van der Waals surface area (Å²) in [6, 6.07) is 4.67. The van der Waals surface area contributed by atoms with Crippen molar-refractivity contribution in [3.8, 4) is 0 Å². The molecular weight excluding hydrogens is 286 g/mol. The number of carbonyl (C=O) groups excluding carboxylic acids is 2. The molecule has 1 aromatic rings. The summed E-state index contributed by atoms with van der Waals surface area (Å²) >= 11 is 0. The van der Waals surface area contributed by atoms with Crippen LogP contribution in [0.15, 0.2) is 29.2 Å². The summed E-state index contributed by atoms with van der Waals surface area (Å²) in [5.74, 6) is -0.549. The van der Waals surface area contributed by atoms with Crippen molar-refractivity contribution >= 4 is 27.7 Å². The molecule has 0 atom stereocenters. The van der Waals surface area contributed by atoms with Gasteiger partial charge in [-0.1, -0.05) is 0 Å². The lowest BCUT2D eigenvalue weighted by atomic mass is 10.3. The van der Waals surface area contributed by atoms with Crippen molar-refractivity contribution in [3.63, 3.8) is 0 Å². The third kappa shape index (κ3) is 5.24. The van der Waals surface area contributed by atoms with Crippen molar-refractivity contribution in [3.05, 3.63) is 24.3 Å². The Morgan fingerprint density at radius 3 is 2.35 bits per heavy atom. The number of nitrogens with two attached hydrogens (primary N) is 1. The lowest BCUT2D eigenvalue weighted by molar-refractivity contribution is -0.141. The topological polar surface area (TPSA) is 128 Å². The summed E-state index contributed by atoms with van der Waals surface area (Å²) < 4.78 is 26.7. The van der Waals surface area contributed by atoms with Gasteiger partial charge in [0.15, 0.2) is 0 Å². The molecule has 0 heterocycles. The molecule has 20 heavy (non-hydrogen) atoms. The van der Waals surface area contributed by atoms with Crippen LogP contribution in [0.25, 0.3) is 0 Å². The predicted octanol–water partition coefficient (Wildman–Crippen LogP) is 0.0186. The zero-order valence-electron chi connectivity index (χ0n) is 10.8. The molecule has 1 rings (SSSR count). The van der Waals surface area contributed by atoms with Gasteiger partial charge in [0.25, 0.3) is 0 Å². The molecule has 0 unspecified atom stereocenters. The number of benzene rings is 1. The van der Waals surface area contributed by atoms with E-state index in [1.165, 1.54) is 24.3 Å². The van der Waals surface area contributed by atoms with E-state index >= 15 is 0 Å². The van der Waals surface area contributed by atoms with E-state index in [0.29, 0.717) is 5.69 Å². The molecule has 0 aliphatic heterocycles. The fourth-order valence-corrected chi connectivity index (χ4v) is 1.78. The highest BCUT2D eigenvalue weighted by atomic mass is 32.2. The molecule has 2 amide bonds. The Balaban J connectivity index is 2.53. The van der Waals surface area contributed by atoms with Crippen molar-refractivity contribution < 1.29 is 22.7 Å². The number of amides is 2. The van der Waals surface area contributed by atoms with Crippen LogP contribution in [0.2, 0.25) is 0 Å². The van der Waals surface area contributed by atoms with Crippen molar-refractivity contribution in [2.24, 2.45) is 5.14 Å². The average molecular weight is 301 g/mol. The normalized spacial score (nSPS) is 10.7. The number of sulfonamides is 1. The van der Waals surface area contributed by atoms with Gasteiger partial charge in [-0.15, -0.1) is 0 Å². The Morgan fingerprint density at radius 2 is 1.85 bits per heavy atom. The number of hydrogen-bond acceptors (Lipinski definition) is 5. The van der Waals surface area contributed by atoms with Gasteiger partial charge in [-0.2, -0.15) is 0 Å². The largest absolute Gasteiger partial charge is 0.465 e. The van der Waals surface area contributed by atoms with Gasteiger partial charge in [0, 0.05) is 5.69 Å². The van der Waals surface area contributed by atoms with Crippen molar-refractivity contribution in [2.75, 3.05) is 18.5 Å². The quantitative estimate of drug-likeness (QED) is 0.660. The molecule has 8 nitrogen and oxygen atoms in total. The van der Waals surface area contributed by atoms with Crippen molar-refractivity contribution in [1.29, 1.82) is 0 Å². The molecule has 0 aromatic heterocycles. The molecule has 110 valence electrons. The number of esters is 1. The Morgan fingerprint density at radius 1 is 1.25 bits per heavy atom. The molecule has 0 bridgehead atoms. The van der Waals surface area contributed by atoms with E-state index in [9.17, 15) is 18.0 Å². The third-order valence-electron chi connectivity index (χ3n) is 2.14. The minimum absolute atomic E-state index is 0.0602. The molecule has 1 aromatic carbocycles. The van der Waals surface area contributed by atoms with Gasteiger partial charge in [-0.25, -0.2) is 18.4 Å². The van der Waals surface area contributed by atoms with E-state index in [0.717, 1.165) is 0 Å². The SMILES string of the molecule is CCOC(=O)CNC(=O)Nc1ccc(S(N)(=O)=O)cc1. The van der Waals surface area contributed by atoms with Crippen LogP contribution in [0.5, 0.6) is 0 Å². The number of urea groups is 1. The maximum Gasteiger partial charge on any atom is 0.325 e. The molecule has 0 fully saturated rings. The van der Waals surface area contributed by atoms with E-state index in [-0.39, 0.29) is 18.0 Å². The number of carbonyl (C=O) groups is 2. The van der Waals surface area contributed by atoms with Crippen LogP contribution in [0.3, 0.4) is 0 Å². The number of nitrogens with one attached hydrogen (secondary N) is 2. The summed E-state index contributed by atoms with van der Waals surface area (Å²) in [5.41, 5.74) is 0.360. The van der Waals surface area contributed by atoms with Gasteiger partial charge in [0.05, 0.1) is 11.5 Å². The van der Waals surface area contributed by atoms with Gasteiger partial charge >= 0.3 is 12.0 Å². The Labute approximate surface area is 116 Å². The molecule has 0 saturated heterocycles. The van der Waals surface area contributed by atoms with Gasteiger partial charge in [0.2, 0.25) is 10.0 Å². The maximum atomic E-state index is 11.4. The second-order valence-electron chi connectivity index (χ2n) is 3.68. The fraction of sp³-hybridized carbons (Fsp3) is 0.273. The number of anilines is 1. The zero-order chi connectivity index (χ0) is 15.2. The number of rotatable bonds is 5. The second kappa shape index (κ2) is 6.87. The molecule has 0 radical (unpaired) electrons. The van der Waals surface area contributed by atoms with Crippen LogP contribution in [0, 0.1) is 0 Å². The minimum atomic E-state index is -3.77. The molecular formula is C11H15N3O5S. The highest BCUT2D eigenvalue weighted by Crippen LogP contribution is 2.12. The Bertz CT molecular complexity index is 583. The summed E-state index contributed by atoms with van der Waals surface area (Å²) in [6.45, 7) is 1.64. The summed E-state index contributed by atoms with van der Waals surface area (Å²) in [5, 5.41) is 9.66. The number of hydrogen-bond donors (Lipinski definition) is 3. The molecule has 0 saturated carbocycles. The third-order valence-corrected chi connectivity index (χ3v) is 3.07. The smallest absolute Gasteiger partial charge is 0.325 e. The van der Waals surface area contributed by atoms with Crippen LogP contribution >= 0.6 is 0 Å². The monoisotopic (exact) mass is 301 g/mol. The van der Waals surface area contributed by atoms with Crippen LogP contribution in [0.4, 0.5) is 10.5 Å². The van der Waals surface area contributed by atoms with Gasteiger partial charge in [-0.05, 0) is 31.2 Å². The van der Waals surface area contributed by atoms with Gasteiger partial charge in [-0.3, -0.25) is 4.79 Å². The highest BCUT2D eigenvalue weighted by molar-refractivity contribution is 7.89.